The number of rotatable bonds is 9. The Kier molecular flexibility index (Phi) is 7.69. The van der Waals surface area contributed by atoms with Crippen molar-refractivity contribution in [3.05, 3.63) is 24.0 Å². The van der Waals surface area contributed by atoms with Crippen LogP contribution >= 0.6 is 0 Å². The van der Waals surface area contributed by atoms with Crippen molar-refractivity contribution in [3.8, 4) is 0 Å². The summed E-state index contributed by atoms with van der Waals surface area (Å²) in [6, 6.07) is 4.00. The van der Waals surface area contributed by atoms with E-state index in [1.54, 1.807) is 16.9 Å². The van der Waals surface area contributed by atoms with Gasteiger partial charge in [-0.25, -0.2) is 0 Å². The number of carbonyl (C=O) groups excluding carboxylic acids is 2. The van der Waals surface area contributed by atoms with E-state index in [-0.39, 0.29) is 30.3 Å². The molecule has 0 aliphatic heterocycles. The van der Waals surface area contributed by atoms with Gasteiger partial charge in [-0.05, 0) is 38.8 Å². The molecule has 1 fully saturated rings. The molecule has 0 saturated heterocycles. The van der Waals surface area contributed by atoms with Crippen LogP contribution in [0.1, 0.15) is 45.2 Å². The first-order valence-electron chi connectivity index (χ1n) is 9.61. The standard InChI is InChI=1S/C20H33N3O3/c1-16(2)23(20(25)17-8-5-6-9-17)15-19(24)22(12-13-26-4)14-18-10-7-11-21(18)3/h7,10-11,16-17H,5-6,8-9,12-15H2,1-4H3. The van der Waals surface area contributed by atoms with E-state index in [1.165, 1.54) is 0 Å². The summed E-state index contributed by atoms with van der Waals surface area (Å²) in [7, 11) is 3.60. The quantitative estimate of drug-likeness (QED) is 0.677. The van der Waals surface area contributed by atoms with E-state index in [2.05, 4.69) is 0 Å². The summed E-state index contributed by atoms with van der Waals surface area (Å²) in [6.07, 6.45) is 6.10. The van der Waals surface area contributed by atoms with Gasteiger partial charge < -0.3 is 19.1 Å². The molecule has 0 bridgehead atoms. The van der Waals surface area contributed by atoms with Crippen molar-refractivity contribution in [2.75, 3.05) is 26.8 Å². The van der Waals surface area contributed by atoms with E-state index in [0.29, 0.717) is 19.7 Å². The van der Waals surface area contributed by atoms with E-state index < -0.39 is 0 Å². The third kappa shape index (κ3) is 5.34. The SMILES string of the molecule is COCCN(Cc1cccn1C)C(=O)CN(C(=O)C1CCCC1)C(C)C. The molecule has 6 heteroatoms. The van der Waals surface area contributed by atoms with Crippen LogP contribution in [0, 0.1) is 5.92 Å². The summed E-state index contributed by atoms with van der Waals surface area (Å²) in [4.78, 5) is 29.4. The van der Waals surface area contributed by atoms with Gasteiger partial charge in [0.2, 0.25) is 11.8 Å². The lowest BCUT2D eigenvalue weighted by atomic mass is 10.1. The number of hydrogen-bond acceptors (Lipinski definition) is 3. The Balaban J connectivity index is 2.06. The third-order valence-electron chi connectivity index (χ3n) is 5.24. The summed E-state index contributed by atoms with van der Waals surface area (Å²) in [5.41, 5.74) is 1.06. The van der Waals surface area contributed by atoms with Gasteiger partial charge in [-0.1, -0.05) is 12.8 Å². The maximum absolute atomic E-state index is 13.0. The predicted octanol–water partition coefficient (Wildman–Crippen LogP) is 2.43. The molecule has 1 saturated carbocycles. The van der Waals surface area contributed by atoms with Gasteiger partial charge in [0.1, 0.15) is 0 Å². The minimum absolute atomic E-state index is 0.0198. The summed E-state index contributed by atoms with van der Waals surface area (Å²) < 4.78 is 7.18. The zero-order valence-electron chi connectivity index (χ0n) is 16.6. The number of ether oxygens (including phenoxy) is 1. The van der Waals surface area contributed by atoms with Gasteiger partial charge in [-0.15, -0.1) is 0 Å². The van der Waals surface area contributed by atoms with Crippen LogP contribution in [0.5, 0.6) is 0 Å². The number of nitrogens with zero attached hydrogens (tertiary/aromatic N) is 3. The molecule has 2 amide bonds. The highest BCUT2D eigenvalue weighted by atomic mass is 16.5. The molecule has 0 spiro atoms. The lowest BCUT2D eigenvalue weighted by molar-refractivity contribution is -0.145. The maximum atomic E-state index is 13.0. The van der Waals surface area contributed by atoms with Crippen molar-refractivity contribution >= 4 is 11.8 Å². The van der Waals surface area contributed by atoms with Gasteiger partial charge in [0.05, 0.1) is 19.7 Å². The second-order valence-electron chi connectivity index (χ2n) is 7.46. The molecule has 26 heavy (non-hydrogen) atoms. The number of aromatic nitrogens is 1. The van der Waals surface area contributed by atoms with Crippen LogP contribution in [0.15, 0.2) is 18.3 Å². The number of carbonyl (C=O) groups is 2. The molecule has 1 aliphatic carbocycles. The first-order chi connectivity index (χ1) is 12.4. The van der Waals surface area contributed by atoms with Crippen molar-refractivity contribution in [1.82, 2.24) is 14.4 Å². The molecule has 0 radical (unpaired) electrons. The monoisotopic (exact) mass is 363 g/mol. The predicted molar refractivity (Wildman–Crippen MR) is 102 cm³/mol. The van der Waals surface area contributed by atoms with Crippen molar-refractivity contribution in [3.63, 3.8) is 0 Å². The highest BCUT2D eigenvalue weighted by molar-refractivity contribution is 5.86. The van der Waals surface area contributed by atoms with Crippen molar-refractivity contribution in [2.24, 2.45) is 13.0 Å². The fourth-order valence-electron chi connectivity index (χ4n) is 3.52. The summed E-state index contributed by atoms with van der Waals surface area (Å²) >= 11 is 0. The van der Waals surface area contributed by atoms with E-state index in [0.717, 1.165) is 31.4 Å². The Morgan fingerprint density at radius 1 is 1.31 bits per heavy atom. The second kappa shape index (κ2) is 9.76. The van der Waals surface area contributed by atoms with Crippen LogP contribution in [0.25, 0.3) is 0 Å². The van der Waals surface area contributed by atoms with Gasteiger partial charge in [-0.2, -0.15) is 0 Å². The normalized spacial score (nSPS) is 14.8. The fraction of sp³-hybridized carbons (Fsp3) is 0.700. The Morgan fingerprint density at radius 3 is 2.54 bits per heavy atom. The van der Waals surface area contributed by atoms with Crippen LogP contribution in [-0.2, 0) is 27.9 Å². The molecule has 1 heterocycles. The van der Waals surface area contributed by atoms with Crippen LogP contribution in [-0.4, -0.2) is 59.0 Å². The zero-order chi connectivity index (χ0) is 19.1. The molecular weight excluding hydrogens is 330 g/mol. The topological polar surface area (TPSA) is 54.8 Å². The molecule has 2 rings (SSSR count). The van der Waals surface area contributed by atoms with Crippen molar-refractivity contribution in [2.45, 2.75) is 52.1 Å². The van der Waals surface area contributed by atoms with Crippen LogP contribution < -0.4 is 0 Å². The number of aryl methyl sites for hydroxylation is 1. The van der Waals surface area contributed by atoms with Gasteiger partial charge in [0.25, 0.3) is 0 Å². The van der Waals surface area contributed by atoms with E-state index >= 15 is 0 Å². The lowest BCUT2D eigenvalue weighted by Gasteiger charge is -2.31. The molecular formula is C20H33N3O3. The minimum atomic E-state index is -0.0247. The molecule has 6 nitrogen and oxygen atoms in total. The Bertz CT molecular complexity index is 591. The zero-order valence-corrected chi connectivity index (χ0v) is 16.6. The minimum Gasteiger partial charge on any atom is -0.383 e. The molecule has 1 aliphatic rings. The van der Waals surface area contributed by atoms with Crippen LogP contribution in [0.4, 0.5) is 0 Å². The van der Waals surface area contributed by atoms with E-state index in [9.17, 15) is 9.59 Å². The fourth-order valence-corrected chi connectivity index (χ4v) is 3.52. The Labute approximate surface area is 157 Å². The number of methoxy groups -OCH3 is 1. The Morgan fingerprint density at radius 2 is 2.00 bits per heavy atom. The molecule has 146 valence electrons. The first kappa shape index (κ1) is 20.5. The maximum Gasteiger partial charge on any atom is 0.242 e. The number of hydrogen-bond donors (Lipinski definition) is 0. The molecule has 0 N–H and O–H groups in total. The summed E-state index contributed by atoms with van der Waals surface area (Å²) in [6.45, 7) is 5.63. The van der Waals surface area contributed by atoms with E-state index in [4.69, 9.17) is 4.74 Å². The van der Waals surface area contributed by atoms with Crippen LogP contribution in [0.3, 0.4) is 0 Å². The van der Waals surface area contributed by atoms with Crippen LogP contribution in [0.2, 0.25) is 0 Å². The van der Waals surface area contributed by atoms with Gasteiger partial charge >= 0.3 is 0 Å². The van der Waals surface area contributed by atoms with Gasteiger partial charge in [-0.3, -0.25) is 9.59 Å². The largest absolute Gasteiger partial charge is 0.383 e. The van der Waals surface area contributed by atoms with Crippen molar-refractivity contribution in [1.29, 1.82) is 0 Å². The average molecular weight is 364 g/mol. The smallest absolute Gasteiger partial charge is 0.242 e. The average Bonchev–Trinajstić information content (AvgIpc) is 3.27. The lowest BCUT2D eigenvalue weighted by Crippen LogP contribution is -2.48. The third-order valence-corrected chi connectivity index (χ3v) is 5.24. The van der Waals surface area contributed by atoms with Gasteiger partial charge in [0, 0.05) is 44.6 Å². The van der Waals surface area contributed by atoms with E-state index in [1.807, 2.05) is 43.8 Å². The second-order valence-corrected chi connectivity index (χ2v) is 7.46. The Hall–Kier alpha value is -1.82. The summed E-state index contributed by atoms with van der Waals surface area (Å²) in [5.74, 6) is 0.199. The molecule has 1 aromatic heterocycles. The highest BCUT2D eigenvalue weighted by Gasteiger charge is 2.30. The van der Waals surface area contributed by atoms with Crippen molar-refractivity contribution < 1.29 is 14.3 Å². The molecule has 0 unspecified atom stereocenters. The number of amides is 2. The van der Waals surface area contributed by atoms with Gasteiger partial charge in [0.15, 0.2) is 0 Å². The highest BCUT2D eigenvalue weighted by Crippen LogP contribution is 2.27. The summed E-state index contributed by atoms with van der Waals surface area (Å²) in [5, 5.41) is 0. The molecule has 0 aromatic carbocycles. The molecule has 0 atom stereocenters. The first-order valence-corrected chi connectivity index (χ1v) is 9.61. The molecule has 1 aromatic rings.